The molecular formula is C14H24N4O. The van der Waals surface area contributed by atoms with Crippen LogP contribution in [0.4, 0.5) is 11.6 Å². The van der Waals surface area contributed by atoms with E-state index in [1.165, 1.54) is 0 Å². The lowest BCUT2D eigenvalue weighted by molar-refractivity contribution is 0.0968. The van der Waals surface area contributed by atoms with Crippen LogP contribution in [0.5, 0.6) is 0 Å². The number of nitrogens with one attached hydrogen (secondary N) is 1. The standard InChI is InChI=1S/C14H24N4O/c1-9(2)12-13(15-4)16-8-17-14(12)18-6-5-11(19)10(3)7-18/h8-11,19H,5-7H2,1-4H3,(H,15,16,17). The summed E-state index contributed by atoms with van der Waals surface area (Å²) in [6.07, 6.45) is 2.23. The maximum Gasteiger partial charge on any atom is 0.137 e. The molecule has 0 saturated carbocycles. The van der Waals surface area contributed by atoms with E-state index in [9.17, 15) is 5.11 Å². The highest BCUT2D eigenvalue weighted by molar-refractivity contribution is 5.60. The fourth-order valence-corrected chi connectivity index (χ4v) is 2.69. The van der Waals surface area contributed by atoms with Gasteiger partial charge in [-0.05, 0) is 18.3 Å². The number of nitrogens with zero attached hydrogens (tertiary/aromatic N) is 3. The summed E-state index contributed by atoms with van der Waals surface area (Å²) >= 11 is 0. The summed E-state index contributed by atoms with van der Waals surface area (Å²) in [6.45, 7) is 8.11. The first-order chi connectivity index (χ1) is 9.04. The van der Waals surface area contributed by atoms with Crippen LogP contribution in [0.15, 0.2) is 6.33 Å². The predicted octanol–water partition coefficient (Wildman–Crippen LogP) is 1.85. The van der Waals surface area contributed by atoms with Crippen molar-refractivity contribution in [3.63, 3.8) is 0 Å². The molecule has 0 spiro atoms. The van der Waals surface area contributed by atoms with Crippen molar-refractivity contribution in [1.29, 1.82) is 0 Å². The Morgan fingerprint density at radius 1 is 1.42 bits per heavy atom. The van der Waals surface area contributed by atoms with Crippen LogP contribution < -0.4 is 10.2 Å². The van der Waals surface area contributed by atoms with Crippen LogP contribution in [0.1, 0.15) is 38.7 Å². The first-order valence-electron chi connectivity index (χ1n) is 7.00. The van der Waals surface area contributed by atoms with E-state index in [2.05, 4.69) is 41.0 Å². The molecule has 2 atom stereocenters. The van der Waals surface area contributed by atoms with Crippen molar-refractivity contribution in [1.82, 2.24) is 9.97 Å². The Morgan fingerprint density at radius 2 is 2.16 bits per heavy atom. The Kier molecular flexibility index (Phi) is 4.24. The van der Waals surface area contributed by atoms with Gasteiger partial charge in [0.15, 0.2) is 0 Å². The summed E-state index contributed by atoms with van der Waals surface area (Å²) in [4.78, 5) is 11.1. The Hall–Kier alpha value is -1.36. The lowest BCUT2D eigenvalue weighted by Crippen LogP contribution is -2.42. The molecule has 2 rings (SSSR count). The second kappa shape index (κ2) is 5.74. The summed E-state index contributed by atoms with van der Waals surface area (Å²) in [5.74, 6) is 2.55. The SMILES string of the molecule is CNc1ncnc(N2CCC(O)C(C)C2)c1C(C)C. The van der Waals surface area contributed by atoms with Crippen molar-refractivity contribution in [2.24, 2.45) is 5.92 Å². The molecule has 5 nitrogen and oxygen atoms in total. The molecule has 1 aliphatic heterocycles. The minimum Gasteiger partial charge on any atom is -0.393 e. The minimum atomic E-state index is -0.190. The van der Waals surface area contributed by atoms with Crippen LogP contribution in [0, 0.1) is 5.92 Å². The zero-order chi connectivity index (χ0) is 14.0. The quantitative estimate of drug-likeness (QED) is 0.872. The molecule has 1 aromatic rings. The third-order valence-electron chi connectivity index (χ3n) is 3.84. The van der Waals surface area contributed by atoms with Crippen LogP contribution >= 0.6 is 0 Å². The van der Waals surface area contributed by atoms with Crippen LogP contribution in [0.25, 0.3) is 0 Å². The number of rotatable bonds is 3. The van der Waals surface area contributed by atoms with Gasteiger partial charge in [0, 0.05) is 25.7 Å². The van der Waals surface area contributed by atoms with Crippen molar-refractivity contribution in [3.8, 4) is 0 Å². The third kappa shape index (κ3) is 2.81. The molecule has 2 unspecified atom stereocenters. The first-order valence-corrected chi connectivity index (χ1v) is 7.00. The van der Waals surface area contributed by atoms with Gasteiger partial charge in [0.1, 0.15) is 18.0 Å². The lowest BCUT2D eigenvalue weighted by Gasteiger charge is -2.36. The van der Waals surface area contributed by atoms with E-state index in [0.29, 0.717) is 5.92 Å². The molecular weight excluding hydrogens is 240 g/mol. The second-order valence-electron chi connectivity index (χ2n) is 5.64. The van der Waals surface area contributed by atoms with E-state index in [0.717, 1.165) is 36.7 Å². The minimum absolute atomic E-state index is 0.190. The molecule has 19 heavy (non-hydrogen) atoms. The van der Waals surface area contributed by atoms with E-state index in [-0.39, 0.29) is 12.0 Å². The maximum atomic E-state index is 9.85. The summed E-state index contributed by atoms with van der Waals surface area (Å²) in [7, 11) is 1.89. The van der Waals surface area contributed by atoms with Gasteiger partial charge in [-0.15, -0.1) is 0 Å². The number of hydrogen-bond donors (Lipinski definition) is 2. The molecule has 5 heteroatoms. The number of piperidine rings is 1. The topological polar surface area (TPSA) is 61.3 Å². The van der Waals surface area contributed by atoms with Crippen molar-refractivity contribution in [2.75, 3.05) is 30.4 Å². The van der Waals surface area contributed by atoms with Gasteiger partial charge in [0.2, 0.25) is 0 Å². The van der Waals surface area contributed by atoms with E-state index < -0.39 is 0 Å². The monoisotopic (exact) mass is 264 g/mol. The third-order valence-corrected chi connectivity index (χ3v) is 3.84. The normalized spacial score (nSPS) is 23.8. The summed E-state index contributed by atoms with van der Waals surface area (Å²) in [5, 5.41) is 13.0. The van der Waals surface area contributed by atoms with Gasteiger partial charge >= 0.3 is 0 Å². The van der Waals surface area contributed by atoms with Gasteiger partial charge in [-0.3, -0.25) is 0 Å². The van der Waals surface area contributed by atoms with Gasteiger partial charge in [-0.1, -0.05) is 20.8 Å². The van der Waals surface area contributed by atoms with Gasteiger partial charge in [0.25, 0.3) is 0 Å². The molecule has 0 aromatic carbocycles. The average molecular weight is 264 g/mol. The Balaban J connectivity index is 2.34. The smallest absolute Gasteiger partial charge is 0.137 e. The summed E-state index contributed by atoms with van der Waals surface area (Å²) in [5.41, 5.74) is 1.16. The van der Waals surface area contributed by atoms with Gasteiger partial charge in [0.05, 0.1) is 6.10 Å². The van der Waals surface area contributed by atoms with Crippen molar-refractivity contribution in [3.05, 3.63) is 11.9 Å². The van der Waals surface area contributed by atoms with Gasteiger partial charge in [-0.2, -0.15) is 0 Å². The Morgan fingerprint density at radius 3 is 2.74 bits per heavy atom. The van der Waals surface area contributed by atoms with Crippen LogP contribution in [-0.2, 0) is 0 Å². The highest BCUT2D eigenvalue weighted by Crippen LogP contribution is 2.32. The Labute approximate surface area is 115 Å². The van der Waals surface area contributed by atoms with Gasteiger partial charge < -0.3 is 15.3 Å². The van der Waals surface area contributed by atoms with Crippen LogP contribution in [0.2, 0.25) is 0 Å². The first kappa shape index (κ1) is 14.1. The summed E-state index contributed by atoms with van der Waals surface area (Å²) in [6, 6.07) is 0. The average Bonchev–Trinajstić information content (AvgIpc) is 2.40. The number of hydrogen-bond acceptors (Lipinski definition) is 5. The number of aromatic nitrogens is 2. The van der Waals surface area contributed by atoms with E-state index in [1.807, 2.05) is 7.05 Å². The molecule has 1 aromatic heterocycles. The summed E-state index contributed by atoms with van der Waals surface area (Å²) < 4.78 is 0. The van der Waals surface area contributed by atoms with Crippen molar-refractivity contribution < 1.29 is 5.11 Å². The van der Waals surface area contributed by atoms with Gasteiger partial charge in [-0.25, -0.2) is 9.97 Å². The molecule has 2 N–H and O–H groups in total. The number of aliphatic hydroxyl groups excluding tert-OH is 1. The highest BCUT2D eigenvalue weighted by atomic mass is 16.3. The molecule has 1 aliphatic rings. The molecule has 0 amide bonds. The lowest BCUT2D eigenvalue weighted by atomic mass is 9.95. The predicted molar refractivity (Wildman–Crippen MR) is 77.7 cm³/mol. The van der Waals surface area contributed by atoms with Crippen LogP contribution in [0.3, 0.4) is 0 Å². The van der Waals surface area contributed by atoms with Crippen LogP contribution in [-0.4, -0.2) is 41.3 Å². The fourth-order valence-electron chi connectivity index (χ4n) is 2.69. The second-order valence-corrected chi connectivity index (χ2v) is 5.64. The largest absolute Gasteiger partial charge is 0.393 e. The van der Waals surface area contributed by atoms with E-state index in [1.54, 1.807) is 6.33 Å². The van der Waals surface area contributed by atoms with Crippen molar-refractivity contribution >= 4 is 11.6 Å². The molecule has 106 valence electrons. The van der Waals surface area contributed by atoms with E-state index in [4.69, 9.17) is 0 Å². The zero-order valence-corrected chi connectivity index (χ0v) is 12.2. The molecule has 1 fully saturated rings. The van der Waals surface area contributed by atoms with Crippen molar-refractivity contribution in [2.45, 2.75) is 39.2 Å². The van der Waals surface area contributed by atoms with E-state index >= 15 is 0 Å². The molecule has 1 saturated heterocycles. The molecule has 0 bridgehead atoms. The maximum absolute atomic E-state index is 9.85. The molecule has 0 radical (unpaired) electrons. The fraction of sp³-hybridized carbons (Fsp3) is 0.714. The number of anilines is 2. The molecule has 0 aliphatic carbocycles. The molecule has 2 heterocycles. The number of aliphatic hydroxyl groups is 1. The zero-order valence-electron chi connectivity index (χ0n) is 12.2. The Bertz CT molecular complexity index is 435. The highest BCUT2D eigenvalue weighted by Gasteiger charge is 2.27.